The molecule has 2 saturated carbocycles. The molecule has 2 aliphatic heterocycles. The lowest BCUT2D eigenvalue weighted by Gasteiger charge is -2.52. The highest BCUT2D eigenvalue weighted by Crippen LogP contribution is 2.50. The summed E-state index contributed by atoms with van der Waals surface area (Å²) >= 11 is 5.75. The molecule has 1 aromatic heterocycles. The van der Waals surface area contributed by atoms with Crippen molar-refractivity contribution in [2.24, 2.45) is 0 Å². The number of benzene rings is 1. The van der Waals surface area contributed by atoms with Crippen molar-refractivity contribution in [2.75, 3.05) is 13.2 Å². The monoisotopic (exact) mass is 518 g/mol. The second-order valence-electron chi connectivity index (χ2n) is 9.41. The Hall–Kier alpha value is -2.21. The van der Waals surface area contributed by atoms with Crippen molar-refractivity contribution in [3.8, 4) is 11.3 Å². The van der Waals surface area contributed by atoms with Gasteiger partial charge in [0.1, 0.15) is 23.7 Å². The van der Waals surface area contributed by atoms with Crippen LogP contribution in [-0.4, -0.2) is 48.4 Å². The Morgan fingerprint density at radius 1 is 1.17 bits per heavy atom. The van der Waals surface area contributed by atoms with Crippen molar-refractivity contribution in [2.45, 2.75) is 68.2 Å². The topological polar surface area (TPSA) is 82.8 Å². The summed E-state index contributed by atoms with van der Waals surface area (Å²) in [5.41, 5.74) is -0.195. The fourth-order valence-corrected chi connectivity index (χ4v) is 5.04. The first kappa shape index (κ1) is 24.5. The first-order valence-corrected chi connectivity index (χ1v) is 11.7. The van der Waals surface area contributed by atoms with Gasteiger partial charge in [-0.25, -0.2) is 4.39 Å². The molecule has 0 unspecified atom stereocenters. The minimum atomic E-state index is -4.66. The molecule has 1 amide bonds. The average Bonchev–Trinajstić information content (AvgIpc) is 3.28. The standard InChI is InChI=1S/C23H23ClF4N2O5/c24-16-2-1-13(7-17(16)25)18-10-19(35-30-18)22-5-3-21(4-6-22,12-33-22)29-20(31)11-32-14-8-15(9-14)34-23(26,27)28/h1-2,7,10,14-15H,3-6,8-9,11-12H2,(H,29,31)/t14-,15+,21?,22?. The fraction of sp³-hybridized carbons (Fsp3) is 0.565. The molecule has 35 heavy (non-hydrogen) atoms. The van der Waals surface area contributed by atoms with Gasteiger partial charge in [-0.3, -0.25) is 9.53 Å². The summed E-state index contributed by atoms with van der Waals surface area (Å²) < 4.78 is 71.4. The van der Waals surface area contributed by atoms with Gasteiger partial charge < -0.3 is 19.3 Å². The number of amides is 1. The fourth-order valence-electron chi connectivity index (χ4n) is 4.92. The number of carbonyl (C=O) groups is 1. The zero-order valence-corrected chi connectivity index (χ0v) is 19.3. The number of ether oxygens (including phenoxy) is 3. The van der Waals surface area contributed by atoms with Crippen molar-refractivity contribution in [3.05, 3.63) is 40.9 Å². The SMILES string of the molecule is O=C(CO[C@H]1C[C@@H](OC(F)(F)F)C1)NC12CCC(c3cc(-c4ccc(Cl)c(F)c4)no3)(CC1)OC2. The summed E-state index contributed by atoms with van der Waals surface area (Å²) in [4.78, 5) is 12.4. The Bertz CT molecular complexity index is 1080. The predicted octanol–water partition coefficient (Wildman–Crippen LogP) is 4.87. The molecule has 4 fully saturated rings. The van der Waals surface area contributed by atoms with Gasteiger partial charge in [0.2, 0.25) is 5.91 Å². The third-order valence-electron chi connectivity index (χ3n) is 7.02. The number of nitrogens with one attached hydrogen (secondary N) is 1. The number of carbonyl (C=O) groups excluding carboxylic acids is 1. The van der Waals surface area contributed by atoms with Crippen LogP contribution >= 0.6 is 11.6 Å². The third kappa shape index (κ3) is 5.18. The number of hydrogen-bond donors (Lipinski definition) is 1. The van der Waals surface area contributed by atoms with Crippen LogP contribution in [0.4, 0.5) is 17.6 Å². The minimum absolute atomic E-state index is 0.0232. The zero-order valence-electron chi connectivity index (χ0n) is 18.5. The van der Waals surface area contributed by atoms with Crippen LogP contribution in [0, 0.1) is 5.82 Å². The molecule has 2 bridgehead atoms. The summed E-state index contributed by atoms with van der Waals surface area (Å²) in [7, 11) is 0. The quantitative estimate of drug-likeness (QED) is 0.526. The first-order chi connectivity index (χ1) is 16.5. The van der Waals surface area contributed by atoms with E-state index in [1.54, 1.807) is 12.1 Å². The van der Waals surface area contributed by atoms with E-state index in [4.69, 9.17) is 25.6 Å². The molecule has 7 nitrogen and oxygen atoms in total. The first-order valence-electron chi connectivity index (χ1n) is 11.3. The smallest absolute Gasteiger partial charge is 0.368 e. The number of fused-ring (bicyclic) bond motifs is 3. The van der Waals surface area contributed by atoms with Crippen LogP contribution in [0.25, 0.3) is 11.3 Å². The van der Waals surface area contributed by atoms with Crippen LogP contribution in [0.3, 0.4) is 0 Å². The third-order valence-corrected chi connectivity index (χ3v) is 7.33. The van der Waals surface area contributed by atoms with Crippen LogP contribution in [0.15, 0.2) is 28.8 Å². The Balaban J connectivity index is 1.12. The largest absolute Gasteiger partial charge is 0.522 e. The van der Waals surface area contributed by atoms with E-state index >= 15 is 0 Å². The number of nitrogens with zero attached hydrogens (tertiary/aromatic N) is 1. The minimum Gasteiger partial charge on any atom is -0.368 e. The highest BCUT2D eigenvalue weighted by Gasteiger charge is 2.53. The van der Waals surface area contributed by atoms with E-state index in [1.165, 1.54) is 12.1 Å². The van der Waals surface area contributed by atoms with Gasteiger partial charge >= 0.3 is 6.36 Å². The summed E-state index contributed by atoms with van der Waals surface area (Å²) in [6, 6.07) is 6.14. The zero-order chi connectivity index (χ0) is 24.8. The van der Waals surface area contributed by atoms with Gasteiger partial charge in [-0.15, -0.1) is 13.2 Å². The molecule has 3 heterocycles. The molecule has 1 N–H and O–H groups in total. The second-order valence-corrected chi connectivity index (χ2v) is 9.81. The van der Waals surface area contributed by atoms with Crippen LogP contribution in [0.2, 0.25) is 5.02 Å². The Labute approximate surface area is 203 Å². The van der Waals surface area contributed by atoms with Gasteiger partial charge in [-0.05, 0) is 37.8 Å². The summed E-state index contributed by atoms with van der Waals surface area (Å²) in [6.45, 7) is 0.0364. The van der Waals surface area contributed by atoms with E-state index in [-0.39, 0.29) is 37.0 Å². The molecule has 0 radical (unpaired) electrons. The van der Waals surface area contributed by atoms with Gasteiger partial charge in [0.05, 0.1) is 29.4 Å². The van der Waals surface area contributed by atoms with Crippen molar-refractivity contribution in [3.63, 3.8) is 0 Å². The van der Waals surface area contributed by atoms with Crippen LogP contribution in [-0.2, 0) is 24.6 Å². The van der Waals surface area contributed by atoms with E-state index in [1.807, 2.05) is 0 Å². The molecule has 2 aromatic rings. The molecule has 190 valence electrons. The Kier molecular flexibility index (Phi) is 6.31. The number of alkyl halides is 3. The van der Waals surface area contributed by atoms with E-state index in [9.17, 15) is 22.4 Å². The molecule has 0 spiro atoms. The van der Waals surface area contributed by atoms with Crippen molar-refractivity contribution < 1.29 is 41.1 Å². The van der Waals surface area contributed by atoms with Crippen LogP contribution < -0.4 is 5.32 Å². The van der Waals surface area contributed by atoms with Crippen LogP contribution in [0.1, 0.15) is 44.3 Å². The normalized spacial score (nSPS) is 30.2. The number of rotatable bonds is 7. The second kappa shape index (κ2) is 9.02. The Morgan fingerprint density at radius 2 is 1.91 bits per heavy atom. The maximum absolute atomic E-state index is 13.8. The molecule has 6 rings (SSSR count). The van der Waals surface area contributed by atoms with E-state index in [2.05, 4.69) is 15.2 Å². The lowest BCUT2D eigenvalue weighted by Crippen LogP contribution is -2.62. The van der Waals surface area contributed by atoms with Crippen molar-refractivity contribution in [1.29, 1.82) is 0 Å². The molecule has 0 atom stereocenters. The highest BCUT2D eigenvalue weighted by atomic mass is 35.5. The molecule has 2 saturated heterocycles. The molecule has 12 heteroatoms. The molecular weight excluding hydrogens is 496 g/mol. The molecular formula is C23H23ClF4N2O5. The van der Waals surface area contributed by atoms with Crippen LogP contribution in [0.5, 0.6) is 0 Å². The molecule has 2 aliphatic carbocycles. The van der Waals surface area contributed by atoms with Gasteiger partial charge in [0.15, 0.2) is 5.76 Å². The van der Waals surface area contributed by atoms with E-state index in [0.29, 0.717) is 42.7 Å². The number of hydrogen-bond acceptors (Lipinski definition) is 6. The lowest BCUT2D eigenvalue weighted by molar-refractivity contribution is -0.357. The van der Waals surface area contributed by atoms with Gasteiger partial charge in [-0.2, -0.15) is 0 Å². The van der Waals surface area contributed by atoms with Gasteiger partial charge in [-0.1, -0.05) is 22.8 Å². The number of halogens is 5. The maximum Gasteiger partial charge on any atom is 0.522 e. The maximum atomic E-state index is 13.8. The number of aromatic nitrogens is 1. The molecule has 1 aromatic carbocycles. The van der Waals surface area contributed by atoms with E-state index < -0.39 is 35.5 Å². The summed E-state index contributed by atoms with van der Waals surface area (Å²) in [5, 5.41) is 7.07. The summed E-state index contributed by atoms with van der Waals surface area (Å²) in [6.07, 6.45) is -3.32. The van der Waals surface area contributed by atoms with Gasteiger partial charge in [0, 0.05) is 24.5 Å². The summed E-state index contributed by atoms with van der Waals surface area (Å²) in [5.74, 6) is -0.337. The lowest BCUT2D eigenvalue weighted by atomic mass is 9.70. The highest BCUT2D eigenvalue weighted by molar-refractivity contribution is 6.30. The average molecular weight is 519 g/mol. The van der Waals surface area contributed by atoms with Crippen molar-refractivity contribution >= 4 is 17.5 Å². The molecule has 4 aliphatic rings. The van der Waals surface area contributed by atoms with Crippen molar-refractivity contribution in [1.82, 2.24) is 10.5 Å². The predicted molar refractivity (Wildman–Crippen MR) is 114 cm³/mol. The van der Waals surface area contributed by atoms with E-state index in [0.717, 1.165) is 0 Å². The Morgan fingerprint density at radius 3 is 2.54 bits per heavy atom. The van der Waals surface area contributed by atoms with Gasteiger partial charge in [0.25, 0.3) is 0 Å².